The molecule has 0 aliphatic carbocycles. The Morgan fingerprint density at radius 2 is 1.89 bits per heavy atom. The maximum absolute atomic E-state index is 12.0. The van der Waals surface area contributed by atoms with Crippen molar-refractivity contribution < 1.29 is 4.79 Å². The monoisotopic (exact) mass is 258 g/mol. The molecule has 0 atom stereocenters. The normalized spacial score (nSPS) is 10.5. The van der Waals surface area contributed by atoms with Gasteiger partial charge >= 0.3 is 0 Å². The summed E-state index contributed by atoms with van der Waals surface area (Å²) in [6.45, 7) is 6.12. The average molecular weight is 258 g/mol. The van der Waals surface area contributed by atoms with E-state index in [1.54, 1.807) is 17.9 Å². The van der Waals surface area contributed by atoms with Gasteiger partial charge in [-0.15, -0.1) is 10.2 Å². The third-order valence-corrected chi connectivity index (χ3v) is 3.14. The van der Waals surface area contributed by atoms with Crippen LogP contribution in [0.1, 0.15) is 22.3 Å². The molecular weight excluding hydrogens is 240 g/mol. The molecule has 1 aromatic heterocycles. The van der Waals surface area contributed by atoms with E-state index in [0.29, 0.717) is 12.4 Å². The number of rotatable bonds is 3. The quantitative estimate of drug-likeness (QED) is 0.915. The van der Waals surface area contributed by atoms with E-state index in [9.17, 15) is 4.79 Å². The Morgan fingerprint density at radius 1 is 1.26 bits per heavy atom. The number of carbonyl (C=O) groups is 1. The molecule has 100 valence electrons. The van der Waals surface area contributed by atoms with Gasteiger partial charge in [0.25, 0.3) is 0 Å². The third kappa shape index (κ3) is 2.99. The van der Waals surface area contributed by atoms with Crippen LogP contribution >= 0.6 is 0 Å². The molecule has 0 spiro atoms. The van der Waals surface area contributed by atoms with E-state index < -0.39 is 0 Å². The van der Waals surface area contributed by atoms with Crippen LogP contribution < -0.4 is 5.32 Å². The van der Waals surface area contributed by atoms with Crippen molar-refractivity contribution in [2.75, 3.05) is 5.32 Å². The number of amides is 1. The lowest BCUT2D eigenvalue weighted by Crippen LogP contribution is -2.18. The predicted molar refractivity (Wildman–Crippen MR) is 74.0 cm³/mol. The molecular formula is C14H18N4O. The number of hydrogen-bond acceptors (Lipinski definition) is 3. The fourth-order valence-electron chi connectivity index (χ4n) is 2.21. The zero-order valence-electron chi connectivity index (χ0n) is 11.7. The summed E-state index contributed by atoms with van der Waals surface area (Å²) in [5, 5.41) is 10.3. The highest BCUT2D eigenvalue weighted by molar-refractivity contribution is 5.91. The summed E-state index contributed by atoms with van der Waals surface area (Å²) in [4.78, 5) is 12.0. The third-order valence-electron chi connectivity index (χ3n) is 3.14. The predicted octanol–water partition coefficient (Wildman–Crippen LogP) is 1.92. The first-order chi connectivity index (χ1) is 8.97. The van der Waals surface area contributed by atoms with E-state index in [2.05, 4.69) is 34.6 Å². The molecule has 0 saturated carbocycles. The van der Waals surface area contributed by atoms with Gasteiger partial charge in [0.15, 0.2) is 0 Å². The lowest BCUT2D eigenvalue weighted by molar-refractivity contribution is -0.115. The molecule has 0 aliphatic heterocycles. The minimum absolute atomic E-state index is 0.0776. The SMILES string of the molecule is Cc1cc(C)c(CC(=O)Nc2nncn2C)c(C)c1. The number of hydrogen-bond donors (Lipinski definition) is 1. The second-order valence-corrected chi connectivity index (χ2v) is 4.87. The van der Waals surface area contributed by atoms with Crippen LogP contribution in [0.5, 0.6) is 0 Å². The van der Waals surface area contributed by atoms with Crippen molar-refractivity contribution in [1.29, 1.82) is 0 Å². The number of aryl methyl sites for hydroxylation is 4. The molecule has 1 heterocycles. The summed E-state index contributed by atoms with van der Waals surface area (Å²) in [5.41, 5.74) is 4.58. The summed E-state index contributed by atoms with van der Waals surface area (Å²) in [7, 11) is 1.79. The summed E-state index contributed by atoms with van der Waals surface area (Å²) >= 11 is 0. The molecule has 0 fully saturated rings. The molecule has 5 nitrogen and oxygen atoms in total. The molecule has 0 saturated heterocycles. The van der Waals surface area contributed by atoms with Crippen molar-refractivity contribution in [3.05, 3.63) is 40.7 Å². The molecule has 5 heteroatoms. The smallest absolute Gasteiger partial charge is 0.231 e. The first kappa shape index (κ1) is 13.3. The van der Waals surface area contributed by atoms with E-state index >= 15 is 0 Å². The lowest BCUT2D eigenvalue weighted by atomic mass is 9.97. The van der Waals surface area contributed by atoms with Crippen molar-refractivity contribution in [3.63, 3.8) is 0 Å². The minimum atomic E-state index is -0.0776. The molecule has 1 aromatic carbocycles. The second-order valence-electron chi connectivity index (χ2n) is 4.87. The topological polar surface area (TPSA) is 59.8 Å². The van der Waals surface area contributed by atoms with Gasteiger partial charge in [-0.25, -0.2) is 0 Å². The van der Waals surface area contributed by atoms with Gasteiger partial charge in [-0.3, -0.25) is 10.1 Å². The van der Waals surface area contributed by atoms with Gasteiger partial charge in [0.2, 0.25) is 11.9 Å². The van der Waals surface area contributed by atoms with Crippen LogP contribution in [0.4, 0.5) is 5.95 Å². The first-order valence-electron chi connectivity index (χ1n) is 6.18. The Balaban J connectivity index is 2.14. The highest BCUT2D eigenvalue weighted by Gasteiger charge is 2.11. The van der Waals surface area contributed by atoms with Crippen LogP contribution in [0.15, 0.2) is 18.5 Å². The number of nitrogens with one attached hydrogen (secondary N) is 1. The van der Waals surface area contributed by atoms with Crippen molar-refractivity contribution in [3.8, 4) is 0 Å². The minimum Gasteiger partial charge on any atom is -0.303 e. The summed E-state index contributed by atoms with van der Waals surface area (Å²) in [6, 6.07) is 4.19. The Morgan fingerprint density at radius 3 is 2.42 bits per heavy atom. The number of carbonyl (C=O) groups excluding carboxylic acids is 1. The molecule has 2 rings (SSSR count). The number of anilines is 1. The van der Waals surface area contributed by atoms with E-state index in [0.717, 1.165) is 16.7 Å². The lowest BCUT2D eigenvalue weighted by Gasteiger charge is -2.11. The van der Waals surface area contributed by atoms with Crippen LogP contribution in [-0.2, 0) is 18.3 Å². The van der Waals surface area contributed by atoms with Gasteiger partial charge in [0.05, 0.1) is 6.42 Å². The fourth-order valence-corrected chi connectivity index (χ4v) is 2.21. The van der Waals surface area contributed by atoms with E-state index in [1.807, 2.05) is 13.8 Å². The van der Waals surface area contributed by atoms with Gasteiger partial charge < -0.3 is 4.57 Å². The number of benzene rings is 1. The van der Waals surface area contributed by atoms with Crippen LogP contribution in [0.25, 0.3) is 0 Å². The van der Waals surface area contributed by atoms with Crippen molar-refractivity contribution in [1.82, 2.24) is 14.8 Å². The fraction of sp³-hybridized carbons (Fsp3) is 0.357. The van der Waals surface area contributed by atoms with Gasteiger partial charge in [0.1, 0.15) is 6.33 Å². The second kappa shape index (κ2) is 5.22. The standard InChI is InChI=1S/C14H18N4O/c1-9-5-10(2)12(11(3)6-9)7-13(19)16-14-17-15-8-18(14)4/h5-6,8H,7H2,1-4H3,(H,16,17,19). The van der Waals surface area contributed by atoms with Crippen LogP contribution in [0, 0.1) is 20.8 Å². The largest absolute Gasteiger partial charge is 0.303 e. The molecule has 1 amide bonds. The summed E-state index contributed by atoms with van der Waals surface area (Å²) in [5.74, 6) is 0.388. The van der Waals surface area contributed by atoms with Crippen molar-refractivity contribution in [2.24, 2.45) is 7.05 Å². The summed E-state index contributed by atoms with van der Waals surface area (Å²) in [6.07, 6.45) is 1.91. The number of aromatic nitrogens is 3. The molecule has 0 radical (unpaired) electrons. The van der Waals surface area contributed by atoms with E-state index in [-0.39, 0.29) is 5.91 Å². The molecule has 0 unspecified atom stereocenters. The van der Waals surface area contributed by atoms with Gasteiger partial charge in [-0.2, -0.15) is 0 Å². The van der Waals surface area contributed by atoms with Crippen LogP contribution in [0.2, 0.25) is 0 Å². The maximum Gasteiger partial charge on any atom is 0.231 e. The number of nitrogens with zero attached hydrogens (tertiary/aromatic N) is 3. The van der Waals surface area contributed by atoms with Gasteiger partial charge in [-0.05, 0) is 37.5 Å². The Kier molecular flexibility index (Phi) is 3.64. The Hall–Kier alpha value is -2.17. The van der Waals surface area contributed by atoms with E-state index in [1.165, 1.54) is 5.56 Å². The zero-order valence-corrected chi connectivity index (χ0v) is 11.7. The summed E-state index contributed by atoms with van der Waals surface area (Å²) < 4.78 is 1.67. The van der Waals surface area contributed by atoms with Gasteiger partial charge in [-0.1, -0.05) is 17.7 Å². The Bertz CT molecular complexity index is 593. The van der Waals surface area contributed by atoms with Crippen LogP contribution in [-0.4, -0.2) is 20.7 Å². The molecule has 1 N–H and O–H groups in total. The first-order valence-corrected chi connectivity index (χ1v) is 6.18. The molecule has 0 bridgehead atoms. The van der Waals surface area contributed by atoms with Crippen molar-refractivity contribution in [2.45, 2.75) is 27.2 Å². The highest BCUT2D eigenvalue weighted by atomic mass is 16.1. The average Bonchev–Trinajstić information content (AvgIpc) is 2.69. The molecule has 19 heavy (non-hydrogen) atoms. The highest BCUT2D eigenvalue weighted by Crippen LogP contribution is 2.17. The molecule has 0 aliphatic rings. The maximum atomic E-state index is 12.0. The van der Waals surface area contributed by atoms with E-state index in [4.69, 9.17) is 0 Å². The van der Waals surface area contributed by atoms with Crippen molar-refractivity contribution >= 4 is 11.9 Å². The molecule has 2 aromatic rings. The van der Waals surface area contributed by atoms with Gasteiger partial charge in [0, 0.05) is 7.05 Å². The van der Waals surface area contributed by atoms with Crippen LogP contribution in [0.3, 0.4) is 0 Å². The zero-order chi connectivity index (χ0) is 14.0. The Labute approximate surface area is 112 Å².